The largest absolute Gasteiger partial charge is 0.354 e. The SMILES string of the molecule is CC(N)C(C)C(=O)NCC1(N2CCSCC2)CCCC1. The van der Waals surface area contributed by atoms with Gasteiger partial charge in [0.05, 0.1) is 0 Å². The maximum Gasteiger partial charge on any atom is 0.224 e. The average molecular weight is 299 g/mol. The van der Waals surface area contributed by atoms with Gasteiger partial charge in [0.2, 0.25) is 5.91 Å². The molecule has 5 heteroatoms. The summed E-state index contributed by atoms with van der Waals surface area (Å²) in [6, 6.07) is -0.0825. The summed E-state index contributed by atoms with van der Waals surface area (Å²) in [6.45, 7) is 6.95. The summed E-state index contributed by atoms with van der Waals surface area (Å²) in [6.07, 6.45) is 5.04. The van der Waals surface area contributed by atoms with Crippen LogP contribution >= 0.6 is 11.8 Å². The molecule has 2 unspecified atom stereocenters. The van der Waals surface area contributed by atoms with Crippen molar-refractivity contribution in [3.05, 3.63) is 0 Å². The van der Waals surface area contributed by atoms with Crippen molar-refractivity contribution >= 4 is 17.7 Å². The van der Waals surface area contributed by atoms with Crippen LogP contribution < -0.4 is 11.1 Å². The number of hydrogen-bond donors (Lipinski definition) is 2. The third-order valence-corrected chi connectivity index (χ3v) is 5.95. The molecule has 20 heavy (non-hydrogen) atoms. The van der Waals surface area contributed by atoms with Crippen LogP contribution in [0.3, 0.4) is 0 Å². The standard InChI is InChI=1S/C15H29N3OS/c1-12(13(2)16)14(19)17-11-15(5-3-4-6-15)18-7-9-20-10-8-18/h12-13H,3-11,16H2,1-2H3,(H,17,19). The Kier molecular flexibility index (Phi) is 5.75. The molecule has 1 saturated carbocycles. The second kappa shape index (κ2) is 7.14. The first-order valence-electron chi connectivity index (χ1n) is 7.91. The number of thioether (sulfide) groups is 1. The van der Waals surface area contributed by atoms with Gasteiger partial charge in [-0.05, 0) is 19.8 Å². The third kappa shape index (κ3) is 3.68. The number of carbonyl (C=O) groups excluding carboxylic acids is 1. The summed E-state index contributed by atoms with van der Waals surface area (Å²) < 4.78 is 0. The quantitative estimate of drug-likeness (QED) is 0.807. The van der Waals surface area contributed by atoms with Gasteiger partial charge in [-0.25, -0.2) is 0 Å². The fourth-order valence-corrected chi connectivity index (χ4v) is 4.23. The zero-order chi connectivity index (χ0) is 14.6. The van der Waals surface area contributed by atoms with E-state index in [1.54, 1.807) is 0 Å². The second-order valence-corrected chi connectivity index (χ2v) is 7.62. The van der Waals surface area contributed by atoms with Crippen molar-refractivity contribution in [1.29, 1.82) is 0 Å². The molecule has 3 N–H and O–H groups in total. The number of nitrogens with one attached hydrogen (secondary N) is 1. The maximum atomic E-state index is 12.2. The Balaban J connectivity index is 1.93. The Morgan fingerprint density at radius 3 is 2.45 bits per heavy atom. The van der Waals surface area contributed by atoms with Crippen LogP contribution in [-0.2, 0) is 4.79 Å². The summed E-state index contributed by atoms with van der Waals surface area (Å²) in [4.78, 5) is 14.8. The normalized spacial score (nSPS) is 26.1. The highest BCUT2D eigenvalue weighted by atomic mass is 32.2. The molecular weight excluding hydrogens is 270 g/mol. The van der Waals surface area contributed by atoms with Gasteiger partial charge in [0.15, 0.2) is 0 Å². The highest BCUT2D eigenvalue weighted by molar-refractivity contribution is 7.99. The van der Waals surface area contributed by atoms with Gasteiger partial charge in [0.25, 0.3) is 0 Å². The Morgan fingerprint density at radius 1 is 1.30 bits per heavy atom. The van der Waals surface area contributed by atoms with Gasteiger partial charge in [-0.3, -0.25) is 9.69 Å². The Labute approximate surface area is 127 Å². The predicted molar refractivity (Wildman–Crippen MR) is 85.9 cm³/mol. The molecule has 4 nitrogen and oxygen atoms in total. The van der Waals surface area contributed by atoms with Crippen LogP contribution in [0.15, 0.2) is 0 Å². The van der Waals surface area contributed by atoms with Gasteiger partial charge in [0, 0.05) is 48.6 Å². The molecule has 2 fully saturated rings. The first-order valence-corrected chi connectivity index (χ1v) is 9.07. The molecule has 1 saturated heterocycles. The zero-order valence-electron chi connectivity index (χ0n) is 12.9. The molecule has 2 atom stereocenters. The number of rotatable bonds is 5. The summed E-state index contributed by atoms with van der Waals surface area (Å²) in [5.74, 6) is 2.46. The first kappa shape index (κ1) is 16.1. The fraction of sp³-hybridized carbons (Fsp3) is 0.933. The minimum atomic E-state index is -0.106. The van der Waals surface area contributed by atoms with Crippen LogP contribution in [0, 0.1) is 5.92 Å². The molecule has 1 amide bonds. The summed E-state index contributed by atoms with van der Waals surface area (Å²) in [5.41, 5.74) is 6.04. The Hall–Kier alpha value is -0.260. The van der Waals surface area contributed by atoms with Crippen LogP contribution in [0.2, 0.25) is 0 Å². The van der Waals surface area contributed by atoms with Crippen molar-refractivity contribution in [1.82, 2.24) is 10.2 Å². The number of amides is 1. The topological polar surface area (TPSA) is 58.4 Å². The van der Waals surface area contributed by atoms with Crippen LogP contribution in [-0.4, -0.2) is 53.5 Å². The van der Waals surface area contributed by atoms with E-state index in [1.165, 1.54) is 50.3 Å². The molecular formula is C15H29N3OS. The predicted octanol–water partition coefficient (Wildman–Crippen LogP) is 1.45. The van der Waals surface area contributed by atoms with Gasteiger partial charge in [-0.1, -0.05) is 19.8 Å². The summed E-state index contributed by atoms with van der Waals surface area (Å²) in [5, 5.41) is 3.18. The molecule has 2 rings (SSSR count). The summed E-state index contributed by atoms with van der Waals surface area (Å²) in [7, 11) is 0. The lowest BCUT2D eigenvalue weighted by Crippen LogP contribution is -2.57. The smallest absolute Gasteiger partial charge is 0.224 e. The van der Waals surface area contributed by atoms with Crippen LogP contribution in [0.5, 0.6) is 0 Å². The van der Waals surface area contributed by atoms with E-state index in [1.807, 2.05) is 25.6 Å². The molecule has 0 aromatic carbocycles. The van der Waals surface area contributed by atoms with Crippen LogP contribution in [0.25, 0.3) is 0 Å². The third-order valence-electron chi connectivity index (χ3n) is 5.01. The van der Waals surface area contributed by atoms with E-state index >= 15 is 0 Å². The number of carbonyl (C=O) groups is 1. The molecule has 116 valence electrons. The number of nitrogens with two attached hydrogens (primary N) is 1. The van der Waals surface area contributed by atoms with Crippen molar-refractivity contribution in [2.24, 2.45) is 11.7 Å². The molecule has 1 aliphatic heterocycles. The van der Waals surface area contributed by atoms with Crippen molar-refractivity contribution in [2.45, 2.75) is 51.1 Å². The lowest BCUT2D eigenvalue weighted by molar-refractivity contribution is -0.125. The highest BCUT2D eigenvalue weighted by Crippen LogP contribution is 2.36. The van der Waals surface area contributed by atoms with E-state index < -0.39 is 0 Å². The monoisotopic (exact) mass is 299 g/mol. The maximum absolute atomic E-state index is 12.2. The van der Waals surface area contributed by atoms with Gasteiger partial charge in [-0.2, -0.15) is 11.8 Å². The minimum Gasteiger partial charge on any atom is -0.354 e. The Bertz CT molecular complexity index is 323. The van der Waals surface area contributed by atoms with E-state index in [0.29, 0.717) is 0 Å². The van der Waals surface area contributed by atoms with E-state index in [0.717, 1.165) is 6.54 Å². The number of nitrogens with zero attached hydrogens (tertiary/aromatic N) is 1. The lowest BCUT2D eigenvalue weighted by atomic mass is 9.94. The number of hydrogen-bond acceptors (Lipinski definition) is 4. The average Bonchev–Trinajstić information content (AvgIpc) is 2.95. The second-order valence-electron chi connectivity index (χ2n) is 6.40. The molecule has 2 aliphatic rings. The van der Waals surface area contributed by atoms with E-state index in [4.69, 9.17) is 5.73 Å². The van der Waals surface area contributed by atoms with Gasteiger partial charge in [0.1, 0.15) is 0 Å². The van der Waals surface area contributed by atoms with Gasteiger partial charge >= 0.3 is 0 Å². The van der Waals surface area contributed by atoms with Crippen molar-refractivity contribution in [3.8, 4) is 0 Å². The van der Waals surface area contributed by atoms with E-state index in [9.17, 15) is 4.79 Å². The fourth-order valence-electron chi connectivity index (χ4n) is 3.33. The van der Waals surface area contributed by atoms with Crippen LogP contribution in [0.4, 0.5) is 0 Å². The van der Waals surface area contributed by atoms with E-state index in [2.05, 4.69) is 10.2 Å². The van der Waals surface area contributed by atoms with Gasteiger partial charge in [-0.15, -0.1) is 0 Å². The van der Waals surface area contributed by atoms with Crippen molar-refractivity contribution in [2.75, 3.05) is 31.1 Å². The molecule has 0 aromatic rings. The molecule has 0 spiro atoms. The van der Waals surface area contributed by atoms with Gasteiger partial charge < -0.3 is 11.1 Å². The van der Waals surface area contributed by atoms with Crippen molar-refractivity contribution in [3.63, 3.8) is 0 Å². The molecule has 1 heterocycles. The Morgan fingerprint density at radius 2 is 1.90 bits per heavy atom. The highest BCUT2D eigenvalue weighted by Gasteiger charge is 2.40. The first-order chi connectivity index (χ1) is 9.55. The zero-order valence-corrected chi connectivity index (χ0v) is 13.7. The minimum absolute atomic E-state index is 0.0825. The van der Waals surface area contributed by atoms with Crippen molar-refractivity contribution < 1.29 is 4.79 Å². The lowest BCUT2D eigenvalue weighted by Gasteiger charge is -2.43. The van der Waals surface area contributed by atoms with Crippen LogP contribution in [0.1, 0.15) is 39.5 Å². The molecule has 0 bridgehead atoms. The molecule has 0 aromatic heterocycles. The summed E-state index contributed by atoms with van der Waals surface area (Å²) >= 11 is 2.04. The van der Waals surface area contributed by atoms with E-state index in [-0.39, 0.29) is 23.4 Å². The molecule has 0 radical (unpaired) electrons. The molecule has 1 aliphatic carbocycles.